The molecule has 0 bridgehead atoms. The van der Waals surface area contributed by atoms with E-state index in [9.17, 15) is 51.2 Å². The molecule has 0 fully saturated rings. The van der Waals surface area contributed by atoms with Gasteiger partial charge in [-0.15, -0.1) is 5.10 Å². The van der Waals surface area contributed by atoms with Crippen LogP contribution in [0.3, 0.4) is 0 Å². The SMILES string of the molecule is O=C(Cn1nc(-c2ccc(Cl)cc2)n(CC(O)C(F)(F)F)c1=O)NC(C[N+](=O)[O-])c1ccccc1C(F)(F)F. The van der Waals surface area contributed by atoms with E-state index in [1.807, 2.05) is 0 Å². The highest BCUT2D eigenvalue weighted by molar-refractivity contribution is 6.30. The second kappa shape index (κ2) is 11.4. The van der Waals surface area contributed by atoms with Crippen molar-refractivity contribution in [2.45, 2.75) is 37.6 Å². The van der Waals surface area contributed by atoms with Crippen LogP contribution in [-0.2, 0) is 24.1 Å². The summed E-state index contributed by atoms with van der Waals surface area (Å²) in [5.74, 6) is -1.57. The minimum atomic E-state index is -5.10. The number of aliphatic hydroxyl groups is 1. The fourth-order valence-corrected chi connectivity index (χ4v) is 3.73. The first-order valence-electron chi connectivity index (χ1n) is 10.8. The monoisotopic (exact) mass is 581 g/mol. The van der Waals surface area contributed by atoms with Crippen molar-refractivity contribution >= 4 is 17.5 Å². The lowest BCUT2D eigenvalue weighted by molar-refractivity contribution is -0.484. The average molecular weight is 582 g/mol. The average Bonchev–Trinajstić information content (AvgIpc) is 3.12. The molecule has 0 radical (unpaired) electrons. The molecular formula is C22H18ClF6N5O5. The van der Waals surface area contributed by atoms with Crippen molar-refractivity contribution in [1.82, 2.24) is 19.7 Å². The molecule has 39 heavy (non-hydrogen) atoms. The van der Waals surface area contributed by atoms with Crippen LogP contribution in [0.2, 0.25) is 5.02 Å². The molecule has 1 amide bonds. The van der Waals surface area contributed by atoms with Gasteiger partial charge in [-0.25, -0.2) is 9.48 Å². The molecule has 210 valence electrons. The molecule has 17 heteroatoms. The van der Waals surface area contributed by atoms with Gasteiger partial charge in [-0.2, -0.15) is 26.3 Å². The van der Waals surface area contributed by atoms with Crippen molar-refractivity contribution < 1.29 is 41.2 Å². The summed E-state index contributed by atoms with van der Waals surface area (Å²) >= 11 is 5.81. The van der Waals surface area contributed by atoms with Gasteiger partial charge in [0.15, 0.2) is 11.9 Å². The molecule has 0 aliphatic rings. The number of halogens is 7. The van der Waals surface area contributed by atoms with E-state index in [0.717, 1.165) is 12.1 Å². The molecular weight excluding hydrogens is 564 g/mol. The number of nitro groups is 1. The zero-order valence-electron chi connectivity index (χ0n) is 19.4. The van der Waals surface area contributed by atoms with Crippen molar-refractivity contribution in [3.8, 4) is 11.4 Å². The number of rotatable bonds is 9. The van der Waals surface area contributed by atoms with E-state index in [0.29, 0.717) is 15.3 Å². The summed E-state index contributed by atoms with van der Waals surface area (Å²) in [5, 5.41) is 26.8. The summed E-state index contributed by atoms with van der Waals surface area (Å²) in [4.78, 5) is 35.8. The van der Waals surface area contributed by atoms with Crippen LogP contribution in [0.1, 0.15) is 17.2 Å². The van der Waals surface area contributed by atoms with Crippen molar-refractivity contribution in [2.75, 3.05) is 6.54 Å². The molecule has 3 aromatic rings. The van der Waals surface area contributed by atoms with Gasteiger partial charge in [0.25, 0.3) is 0 Å². The Labute approximate surface area is 219 Å². The van der Waals surface area contributed by atoms with Gasteiger partial charge >= 0.3 is 18.0 Å². The Balaban J connectivity index is 1.97. The number of carbonyl (C=O) groups is 1. The number of benzene rings is 2. The number of aromatic nitrogens is 3. The zero-order valence-corrected chi connectivity index (χ0v) is 20.2. The maximum atomic E-state index is 13.5. The lowest BCUT2D eigenvalue weighted by Gasteiger charge is -2.20. The van der Waals surface area contributed by atoms with Crippen LogP contribution in [0.5, 0.6) is 0 Å². The highest BCUT2D eigenvalue weighted by Gasteiger charge is 2.40. The maximum absolute atomic E-state index is 13.5. The number of alkyl halides is 6. The fourth-order valence-electron chi connectivity index (χ4n) is 3.60. The van der Waals surface area contributed by atoms with Crippen molar-refractivity contribution in [2.24, 2.45) is 0 Å². The second-order valence-electron chi connectivity index (χ2n) is 8.16. The Morgan fingerprint density at radius 3 is 2.28 bits per heavy atom. The van der Waals surface area contributed by atoms with Crippen LogP contribution in [0.15, 0.2) is 53.3 Å². The van der Waals surface area contributed by atoms with E-state index in [2.05, 4.69) is 10.4 Å². The standard InChI is InChI=1S/C22H18ClF6N5O5/c23-13-7-5-12(6-8-13)19-31-33(20(37)32(19)10-17(35)22(27,28)29)11-18(36)30-16(9-34(38)39)14-3-1-2-4-15(14)21(24,25)26/h1-8,16-17,35H,9-11H2,(H,30,36). The van der Waals surface area contributed by atoms with E-state index < -0.39 is 71.8 Å². The minimum absolute atomic E-state index is 0.0929. The van der Waals surface area contributed by atoms with Crippen LogP contribution in [0.25, 0.3) is 11.4 Å². The van der Waals surface area contributed by atoms with Gasteiger partial charge in [0.05, 0.1) is 12.1 Å². The van der Waals surface area contributed by atoms with E-state index >= 15 is 0 Å². The van der Waals surface area contributed by atoms with Crippen LogP contribution in [0.4, 0.5) is 26.3 Å². The molecule has 1 aromatic heterocycles. The van der Waals surface area contributed by atoms with Crippen molar-refractivity contribution in [3.05, 3.63) is 85.3 Å². The van der Waals surface area contributed by atoms with Gasteiger partial charge in [0.1, 0.15) is 12.6 Å². The predicted molar refractivity (Wildman–Crippen MR) is 123 cm³/mol. The molecule has 3 rings (SSSR count). The van der Waals surface area contributed by atoms with Crippen molar-refractivity contribution in [1.29, 1.82) is 0 Å². The molecule has 2 N–H and O–H groups in total. The van der Waals surface area contributed by atoms with Crippen LogP contribution in [-0.4, -0.2) is 49.1 Å². The number of hydrogen-bond donors (Lipinski definition) is 2. The number of nitrogens with zero attached hydrogens (tertiary/aromatic N) is 4. The molecule has 1 heterocycles. The first-order valence-corrected chi connectivity index (χ1v) is 11.2. The number of nitrogens with one attached hydrogen (secondary N) is 1. The molecule has 2 atom stereocenters. The van der Waals surface area contributed by atoms with E-state index in [1.165, 1.54) is 30.3 Å². The lowest BCUT2D eigenvalue weighted by atomic mass is 9.99. The van der Waals surface area contributed by atoms with Gasteiger partial charge < -0.3 is 10.4 Å². The summed E-state index contributed by atoms with van der Waals surface area (Å²) in [6.07, 6.45) is -13.0. The molecule has 0 aliphatic carbocycles. The van der Waals surface area contributed by atoms with Crippen LogP contribution >= 0.6 is 11.6 Å². The van der Waals surface area contributed by atoms with Gasteiger partial charge in [-0.1, -0.05) is 29.8 Å². The largest absolute Gasteiger partial charge is 0.416 e. The third kappa shape index (κ3) is 7.35. The smallest absolute Gasteiger partial charge is 0.382 e. The first kappa shape index (κ1) is 29.6. The highest BCUT2D eigenvalue weighted by atomic mass is 35.5. The van der Waals surface area contributed by atoms with Crippen LogP contribution in [0, 0.1) is 10.1 Å². The first-order chi connectivity index (χ1) is 18.1. The number of carbonyl (C=O) groups excluding carboxylic acids is 1. The second-order valence-corrected chi connectivity index (χ2v) is 8.60. The Morgan fingerprint density at radius 2 is 1.72 bits per heavy atom. The Morgan fingerprint density at radius 1 is 1.10 bits per heavy atom. The van der Waals surface area contributed by atoms with Crippen LogP contribution < -0.4 is 11.0 Å². The Kier molecular flexibility index (Phi) is 8.70. The molecule has 10 nitrogen and oxygen atoms in total. The van der Waals surface area contributed by atoms with Gasteiger partial charge in [0.2, 0.25) is 12.5 Å². The van der Waals surface area contributed by atoms with E-state index in [4.69, 9.17) is 11.6 Å². The zero-order chi connectivity index (χ0) is 29.1. The molecule has 0 aliphatic heterocycles. The summed E-state index contributed by atoms with van der Waals surface area (Å²) in [6, 6.07) is 7.39. The fraction of sp³-hybridized carbons (Fsp3) is 0.318. The van der Waals surface area contributed by atoms with Gasteiger partial charge in [0, 0.05) is 15.5 Å². The molecule has 0 saturated carbocycles. The number of amides is 1. The Bertz CT molecular complexity index is 1400. The molecule has 0 spiro atoms. The molecule has 2 unspecified atom stereocenters. The summed E-state index contributed by atoms with van der Waals surface area (Å²) in [5.41, 5.74) is -3.01. The highest BCUT2D eigenvalue weighted by Crippen LogP contribution is 2.34. The third-order valence-electron chi connectivity index (χ3n) is 5.36. The quantitative estimate of drug-likeness (QED) is 0.226. The molecule has 0 saturated heterocycles. The lowest BCUT2D eigenvalue weighted by Crippen LogP contribution is -2.40. The van der Waals surface area contributed by atoms with E-state index in [-0.39, 0.29) is 16.4 Å². The topological polar surface area (TPSA) is 132 Å². The minimum Gasteiger partial charge on any atom is -0.382 e. The van der Waals surface area contributed by atoms with Gasteiger partial charge in [-0.3, -0.25) is 19.5 Å². The summed E-state index contributed by atoms with van der Waals surface area (Å²) in [7, 11) is 0. The maximum Gasteiger partial charge on any atom is 0.416 e. The van der Waals surface area contributed by atoms with E-state index in [1.54, 1.807) is 0 Å². The number of hydrogen-bond acceptors (Lipinski definition) is 6. The molecule has 2 aromatic carbocycles. The summed E-state index contributed by atoms with van der Waals surface area (Å²) < 4.78 is 80.2. The predicted octanol–water partition coefficient (Wildman–Crippen LogP) is 3.44. The van der Waals surface area contributed by atoms with Gasteiger partial charge in [-0.05, 0) is 35.9 Å². The third-order valence-corrected chi connectivity index (χ3v) is 5.61. The summed E-state index contributed by atoms with van der Waals surface area (Å²) in [6.45, 7) is -3.45. The number of aliphatic hydroxyl groups excluding tert-OH is 1. The normalized spacial score (nSPS) is 13.6. The Hall–Kier alpha value is -3.92. The van der Waals surface area contributed by atoms with Crippen molar-refractivity contribution in [3.63, 3.8) is 0 Å².